The van der Waals surface area contributed by atoms with E-state index in [1.165, 1.54) is 0 Å². The van der Waals surface area contributed by atoms with Gasteiger partial charge in [-0.05, 0) is 48.9 Å². The highest BCUT2D eigenvalue weighted by atomic mass is 16.5. The number of carbonyl (C=O) groups excluding carboxylic acids is 2. The molecule has 162 valence electrons. The Morgan fingerprint density at radius 2 is 1.80 bits per heavy atom. The molecule has 0 fully saturated rings. The number of carbonyl (C=O) groups is 2. The number of hydrogen-bond donors (Lipinski definition) is 1. The molecule has 0 aromatic heterocycles. The normalized spacial score (nSPS) is 11.8. The van der Waals surface area contributed by atoms with Crippen LogP contribution < -0.4 is 10.1 Å². The molecule has 0 aliphatic carbocycles. The minimum absolute atomic E-state index is 0.0911. The fraction of sp³-hybridized carbons (Fsp3) is 0.440. The van der Waals surface area contributed by atoms with Crippen molar-refractivity contribution >= 4 is 11.8 Å². The van der Waals surface area contributed by atoms with Gasteiger partial charge in [-0.2, -0.15) is 0 Å². The molecule has 5 heteroatoms. The molecule has 0 bridgehead atoms. The van der Waals surface area contributed by atoms with E-state index < -0.39 is 6.04 Å². The lowest BCUT2D eigenvalue weighted by Gasteiger charge is -2.30. The van der Waals surface area contributed by atoms with Gasteiger partial charge in [0.2, 0.25) is 5.91 Å². The van der Waals surface area contributed by atoms with Crippen molar-refractivity contribution in [3.05, 3.63) is 65.7 Å². The third kappa shape index (κ3) is 7.54. The van der Waals surface area contributed by atoms with Crippen LogP contribution in [0, 0.1) is 12.8 Å². The lowest BCUT2D eigenvalue weighted by molar-refractivity contribution is -0.142. The van der Waals surface area contributed by atoms with Gasteiger partial charge < -0.3 is 15.0 Å². The minimum atomic E-state index is -0.513. The Labute approximate surface area is 180 Å². The molecule has 30 heavy (non-hydrogen) atoms. The van der Waals surface area contributed by atoms with Gasteiger partial charge in [-0.3, -0.25) is 9.59 Å². The first-order valence-electron chi connectivity index (χ1n) is 10.7. The second-order valence-corrected chi connectivity index (χ2v) is 7.99. The van der Waals surface area contributed by atoms with Crippen LogP contribution in [0.1, 0.15) is 38.3 Å². The standard InChI is InChI=1S/C25H34N2O3/c1-5-23(25(29)26-17-19(2)3)27(15-14-21-11-7-6-8-12-21)24(28)18-30-22-13-9-10-20(4)16-22/h6-13,16,19,23H,5,14-15,17-18H2,1-4H3,(H,26,29)/t23-/m0/s1. The van der Waals surface area contributed by atoms with Crippen molar-refractivity contribution < 1.29 is 14.3 Å². The zero-order valence-electron chi connectivity index (χ0n) is 18.6. The SMILES string of the molecule is CC[C@@H](C(=O)NCC(C)C)N(CCc1ccccc1)C(=O)COc1cccc(C)c1. The third-order valence-electron chi connectivity index (χ3n) is 4.91. The van der Waals surface area contributed by atoms with E-state index in [-0.39, 0.29) is 18.4 Å². The van der Waals surface area contributed by atoms with E-state index in [2.05, 4.69) is 19.2 Å². The smallest absolute Gasteiger partial charge is 0.261 e. The van der Waals surface area contributed by atoms with E-state index in [0.29, 0.717) is 37.6 Å². The zero-order chi connectivity index (χ0) is 21.9. The lowest BCUT2D eigenvalue weighted by Crippen LogP contribution is -2.51. The lowest BCUT2D eigenvalue weighted by atomic mass is 10.1. The molecule has 0 radical (unpaired) electrons. The Balaban J connectivity index is 2.11. The van der Waals surface area contributed by atoms with Crippen molar-refractivity contribution in [1.29, 1.82) is 0 Å². The molecule has 2 aromatic rings. The minimum Gasteiger partial charge on any atom is -0.484 e. The van der Waals surface area contributed by atoms with Crippen LogP contribution in [0.2, 0.25) is 0 Å². The summed E-state index contributed by atoms with van der Waals surface area (Å²) in [7, 11) is 0. The Bertz CT molecular complexity index is 805. The maximum Gasteiger partial charge on any atom is 0.261 e. The number of nitrogens with zero attached hydrogens (tertiary/aromatic N) is 1. The zero-order valence-corrected chi connectivity index (χ0v) is 18.6. The molecular formula is C25H34N2O3. The Hall–Kier alpha value is -2.82. The maximum atomic E-state index is 13.1. The predicted molar refractivity (Wildman–Crippen MR) is 120 cm³/mol. The number of ether oxygens (including phenoxy) is 1. The van der Waals surface area contributed by atoms with Gasteiger partial charge in [0.1, 0.15) is 11.8 Å². The highest BCUT2D eigenvalue weighted by molar-refractivity contribution is 5.88. The van der Waals surface area contributed by atoms with Crippen molar-refractivity contribution in [2.45, 2.75) is 46.6 Å². The molecule has 1 N–H and O–H groups in total. The van der Waals surface area contributed by atoms with E-state index in [4.69, 9.17) is 4.74 Å². The summed E-state index contributed by atoms with van der Waals surface area (Å²) in [6, 6.07) is 17.1. The summed E-state index contributed by atoms with van der Waals surface area (Å²) in [5.41, 5.74) is 2.20. The number of benzene rings is 2. The van der Waals surface area contributed by atoms with Crippen LogP contribution in [-0.2, 0) is 16.0 Å². The second-order valence-electron chi connectivity index (χ2n) is 7.99. The number of nitrogens with one attached hydrogen (secondary N) is 1. The number of rotatable bonds is 11. The summed E-state index contributed by atoms with van der Waals surface area (Å²) in [6.45, 7) is 8.98. The molecule has 0 saturated carbocycles. The molecule has 2 aromatic carbocycles. The second kappa shape index (κ2) is 12.0. The first-order chi connectivity index (χ1) is 14.4. The molecule has 0 aliphatic rings. The van der Waals surface area contributed by atoms with Crippen LogP contribution in [0.4, 0.5) is 0 Å². The molecule has 1 atom stereocenters. The highest BCUT2D eigenvalue weighted by Gasteiger charge is 2.28. The van der Waals surface area contributed by atoms with Gasteiger partial charge in [0.05, 0.1) is 0 Å². The Morgan fingerprint density at radius 1 is 1.07 bits per heavy atom. The first-order valence-corrected chi connectivity index (χ1v) is 10.7. The molecule has 0 aliphatic heterocycles. The van der Waals surface area contributed by atoms with Gasteiger partial charge in [0.25, 0.3) is 5.91 Å². The summed E-state index contributed by atoms with van der Waals surface area (Å²) < 4.78 is 5.73. The number of hydrogen-bond acceptors (Lipinski definition) is 3. The van der Waals surface area contributed by atoms with Gasteiger partial charge in [-0.25, -0.2) is 0 Å². The van der Waals surface area contributed by atoms with Crippen LogP contribution in [0.5, 0.6) is 5.75 Å². The fourth-order valence-electron chi connectivity index (χ4n) is 3.25. The average molecular weight is 411 g/mol. The van der Waals surface area contributed by atoms with Crippen molar-refractivity contribution in [3.8, 4) is 5.75 Å². The van der Waals surface area contributed by atoms with Crippen LogP contribution in [0.25, 0.3) is 0 Å². The van der Waals surface area contributed by atoms with Crippen LogP contribution in [0.15, 0.2) is 54.6 Å². The van der Waals surface area contributed by atoms with Crippen molar-refractivity contribution in [1.82, 2.24) is 10.2 Å². The maximum absolute atomic E-state index is 13.1. The van der Waals surface area contributed by atoms with Crippen molar-refractivity contribution in [2.75, 3.05) is 19.7 Å². The average Bonchev–Trinajstić information content (AvgIpc) is 2.74. The molecule has 0 heterocycles. The quantitative estimate of drug-likeness (QED) is 0.609. The first kappa shape index (κ1) is 23.5. The van der Waals surface area contributed by atoms with Crippen molar-refractivity contribution in [2.24, 2.45) is 5.92 Å². The summed E-state index contributed by atoms with van der Waals surface area (Å²) in [4.78, 5) is 27.6. The summed E-state index contributed by atoms with van der Waals surface area (Å²) in [5.74, 6) is 0.718. The monoisotopic (exact) mass is 410 g/mol. The Morgan fingerprint density at radius 3 is 2.43 bits per heavy atom. The van der Waals surface area contributed by atoms with Gasteiger partial charge >= 0.3 is 0 Å². The van der Waals surface area contributed by atoms with E-state index in [0.717, 1.165) is 11.1 Å². The third-order valence-corrected chi connectivity index (χ3v) is 4.91. The molecule has 0 unspecified atom stereocenters. The van der Waals surface area contributed by atoms with Crippen LogP contribution >= 0.6 is 0 Å². The molecular weight excluding hydrogens is 376 g/mol. The predicted octanol–water partition coefficient (Wildman–Crippen LogP) is 4.00. The van der Waals surface area contributed by atoms with E-state index >= 15 is 0 Å². The van der Waals surface area contributed by atoms with Gasteiger partial charge in [-0.1, -0.05) is 63.2 Å². The summed E-state index contributed by atoms with van der Waals surface area (Å²) >= 11 is 0. The summed E-state index contributed by atoms with van der Waals surface area (Å²) in [6.07, 6.45) is 1.24. The Kier molecular flexibility index (Phi) is 9.39. The topological polar surface area (TPSA) is 58.6 Å². The van der Waals surface area contributed by atoms with Gasteiger partial charge in [-0.15, -0.1) is 0 Å². The van der Waals surface area contributed by atoms with Gasteiger partial charge in [0.15, 0.2) is 6.61 Å². The molecule has 2 rings (SSSR count). The fourth-order valence-corrected chi connectivity index (χ4v) is 3.25. The summed E-state index contributed by atoms with van der Waals surface area (Å²) in [5, 5.41) is 2.97. The van der Waals surface area contributed by atoms with Gasteiger partial charge in [0, 0.05) is 13.1 Å². The molecule has 2 amide bonds. The highest BCUT2D eigenvalue weighted by Crippen LogP contribution is 2.14. The van der Waals surface area contributed by atoms with E-state index in [1.54, 1.807) is 4.90 Å². The largest absolute Gasteiger partial charge is 0.484 e. The molecule has 0 saturated heterocycles. The van der Waals surface area contributed by atoms with E-state index in [9.17, 15) is 9.59 Å². The number of aryl methyl sites for hydroxylation is 1. The van der Waals surface area contributed by atoms with Crippen LogP contribution in [-0.4, -0.2) is 42.5 Å². The molecule has 0 spiro atoms. The van der Waals surface area contributed by atoms with Crippen molar-refractivity contribution in [3.63, 3.8) is 0 Å². The molecule has 5 nitrogen and oxygen atoms in total. The van der Waals surface area contributed by atoms with Crippen LogP contribution in [0.3, 0.4) is 0 Å². The number of amides is 2. The van der Waals surface area contributed by atoms with E-state index in [1.807, 2.05) is 68.4 Å².